The molecule has 0 spiro atoms. The maximum absolute atomic E-state index is 13.1. The number of ether oxygens (including phenoxy) is 1. The molecule has 0 atom stereocenters. The van der Waals surface area contributed by atoms with Gasteiger partial charge in [-0.3, -0.25) is 9.36 Å². The number of carbonyl (C=O) groups excluding carboxylic acids is 2. The first-order valence-electron chi connectivity index (χ1n) is 8.24. The van der Waals surface area contributed by atoms with Crippen molar-refractivity contribution in [2.75, 3.05) is 11.9 Å². The highest BCUT2D eigenvalue weighted by Crippen LogP contribution is 2.14. The molecular weight excluding hydrogens is 353 g/mol. The van der Waals surface area contributed by atoms with Gasteiger partial charge in [-0.2, -0.15) is 5.10 Å². The maximum atomic E-state index is 13.1. The molecule has 9 heteroatoms. The predicted octanol–water partition coefficient (Wildman–Crippen LogP) is 2.58. The van der Waals surface area contributed by atoms with Crippen molar-refractivity contribution in [2.24, 2.45) is 0 Å². The van der Waals surface area contributed by atoms with Crippen LogP contribution in [0.15, 0.2) is 49.1 Å². The number of carbonyl (C=O) groups is 2. The van der Waals surface area contributed by atoms with Gasteiger partial charge in [0.25, 0.3) is 5.91 Å². The molecule has 2 aromatic heterocycles. The SMILES string of the molecule is CC(C)n1nccc1NC(=O)COC(=O)c1cncn1-c1ccc(F)cc1. The number of amides is 1. The van der Waals surface area contributed by atoms with Crippen LogP contribution in [0.4, 0.5) is 10.2 Å². The zero-order chi connectivity index (χ0) is 19.4. The monoisotopic (exact) mass is 371 g/mol. The lowest BCUT2D eigenvalue weighted by molar-refractivity contribution is -0.119. The third-order valence-corrected chi connectivity index (χ3v) is 3.71. The highest BCUT2D eigenvalue weighted by atomic mass is 19.1. The molecule has 0 aliphatic carbocycles. The lowest BCUT2D eigenvalue weighted by Crippen LogP contribution is -2.23. The molecule has 3 rings (SSSR count). The van der Waals surface area contributed by atoms with E-state index in [2.05, 4.69) is 15.4 Å². The Balaban J connectivity index is 1.63. The molecule has 0 radical (unpaired) electrons. The Bertz CT molecular complexity index is 946. The van der Waals surface area contributed by atoms with Crippen LogP contribution in [0.5, 0.6) is 0 Å². The molecule has 1 aromatic carbocycles. The number of nitrogens with zero attached hydrogens (tertiary/aromatic N) is 4. The topological polar surface area (TPSA) is 91.0 Å². The number of anilines is 1. The Hall–Kier alpha value is -3.49. The number of benzene rings is 1. The highest BCUT2D eigenvalue weighted by molar-refractivity contribution is 5.94. The Morgan fingerprint density at radius 2 is 1.96 bits per heavy atom. The number of esters is 1. The highest BCUT2D eigenvalue weighted by Gasteiger charge is 2.17. The molecule has 0 fully saturated rings. The van der Waals surface area contributed by atoms with Crippen LogP contribution in [0.3, 0.4) is 0 Å². The zero-order valence-electron chi connectivity index (χ0n) is 14.8. The molecule has 1 N–H and O–H groups in total. The molecule has 3 aromatic rings. The lowest BCUT2D eigenvalue weighted by Gasteiger charge is -2.12. The van der Waals surface area contributed by atoms with Crippen molar-refractivity contribution in [3.63, 3.8) is 0 Å². The van der Waals surface area contributed by atoms with Gasteiger partial charge in [0.2, 0.25) is 0 Å². The second kappa shape index (κ2) is 7.81. The van der Waals surface area contributed by atoms with Crippen LogP contribution >= 0.6 is 0 Å². The Labute approximate surface area is 154 Å². The van der Waals surface area contributed by atoms with Crippen LogP contribution in [-0.2, 0) is 9.53 Å². The first-order valence-corrected chi connectivity index (χ1v) is 8.24. The molecule has 0 bridgehead atoms. The minimum atomic E-state index is -0.718. The van der Waals surface area contributed by atoms with E-state index in [4.69, 9.17) is 4.74 Å². The fourth-order valence-electron chi connectivity index (χ4n) is 2.46. The van der Waals surface area contributed by atoms with E-state index in [1.807, 2.05) is 13.8 Å². The van der Waals surface area contributed by atoms with Gasteiger partial charge < -0.3 is 10.1 Å². The fourth-order valence-corrected chi connectivity index (χ4v) is 2.46. The standard InChI is InChI=1S/C18H18FN5O3/c1-12(2)24-16(7-8-21-24)22-17(25)10-27-18(26)15-9-20-11-23(15)14-5-3-13(19)4-6-14/h3-9,11-12H,10H2,1-2H3,(H,22,25). The van der Waals surface area contributed by atoms with Gasteiger partial charge >= 0.3 is 5.97 Å². The van der Waals surface area contributed by atoms with Gasteiger partial charge in [-0.15, -0.1) is 0 Å². The Kier molecular flexibility index (Phi) is 5.30. The van der Waals surface area contributed by atoms with Crippen molar-refractivity contribution >= 4 is 17.7 Å². The van der Waals surface area contributed by atoms with E-state index in [1.165, 1.54) is 41.4 Å². The summed E-state index contributed by atoms with van der Waals surface area (Å²) >= 11 is 0. The summed E-state index contributed by atoms with van der Waals surface area (Å²) in [4.78, 5) is 28.3. The number of imidazole rings is 1. The third kappa shape index (κ3) is 4.20. The van der Waals surface area contributed by atoms with Gasteiger partial charge in [0.15, 0.2) is 12.3 Å². The van der Waals surface area contributed by atoms with Gasteiger partial charge in [-0.05, 0) is 38.1 Å². The van der Waals surface area contributed by atoms with Crippen LogP contribution in [0.2, 0.25) is 0 Å². The van der Waals surface area contributed by atoms with Crippen molar-refractivity contribution in [3.8, 4) is 5.69 Å². The molecule has 1 amide bonds. The van der Waals surface area contributed by atoms with E-state index in [9.17, 15) is 14.0 Å². The van der Waals surface area contributed by atoms with E-state index in [-0.39, 0.29) is 17.6 Å². The minimum Gasteiger partial charge on any atom is -0.451 e. The quantitative estimate of drug-likeness (QED) is 0.673. The van der Waals surface area contributed by atoms with Gasteiger partial charge in [-0.25, -0.2) is 18.9 Å². The maximum Gasteiger partial charge on any atom is 0.357 e. The van der Waals surface area contributed by atoms with Gasteiger partial charge in [0.1, 0.15) is 11.6 Å². The summed E-state index contributed by atoms with van der Waals surface area (Å²) in [6.45, 7) is 3.40. The second-order valence-corrected chi connectivity index (χ2v) is 6.00. The van der Waals surface area contributed by atoms with E-state index in [0.29, 0.717) is 11.5 Å². The van der Waals surface area contributed by atoms with Crippen LogP contribution < -0.4 is 5.32 Å². The largest absolute Gasteiger partial charge is 0.451 e. The van der Waals surface area contributed by atoms with E-state index in [1.54, 1.807) is 16.9 Å². The van der Waals surface area contributed by atoms with Crippen molar-refractivity contribution in [3.05, 3.63) is 60.6 Å². The average Bonchev–Trinajstić information content (AvgIpc) is 3.29. The zero-order valence-corrected chi connectivity index (χ0v) is 14.8. The van der Waals surface area contributed by atoms with Crippen molar-refractivity contribution in [1.82, 2.24) is 19.3 Å². The second-order valence-electron chi connectivity index (χ2n) is 6.00. The minimum absolute atomic E-state index is 0.0721. The first kappa shape index (κ1) is 18.3. The van der Waals surface area contributed by atoms with Crippen LogP contribution in [0.1, 0.15) is 30.4 Å². The summed E-state index contributed by atoms with van der Waals surface area (Å²) in [5, 5.41) is 6.76. The first-order chi connectivity index (χ1) is 13.0. The number of halogens is 1. The third-order valence-electron chi connectivity index (χ3n) is 3.71. The van der Waals surface area contributed by atoms with E-state index in [0.717, 1.165) is 0 Å². The average molecular weight is 371 g/mol. The van der Waals surface area contributed by atoms with Crippen LogP contribution in [-0.4, -0.2) is 37.8 Å². The summed E-state index contributed by atoms with van der Waals surface area (Å²) in [6.07, 6.45) is 4.30. The number of rotatable bonds is 6. The van der Waals surface area contributed by atoms with Crippen molar-refractivity contribution in [2.45, 2.75) is 19.9 Å². The molecule has 2 heterocycles. The number of hydrogen-bond acceptors (Lipinski definition) is 5. The molecule has 140 valence electrons. The summed E-state index contributed by atoms with van der Waals surface area (Å²) in [6, 6.07) is 7.29. The Morgan fingerprint density at radius 3 is 2.67 bits per heavy atom. The van der Waals surface area contributed by atoms with Gasteiger partial charge in [-0.1, -0.05) is 0 Å². The van der Waals surface area contributed by atoms with E-state index >= 15 is 0 Å². The summed E-state index contributed by atoms with van der Waals surface area (Å²) < 4.78 is 21.2. The molecule has 0 aliphatic heterocycles. The predicted molar refractivity (Wildman–Crippen MR) is 95.0 cm³/mol. The van der Waals surface area contributed by atoms with Crippen molar-refractivity contribution < 1.29 is 18.7 Å². The molecular formula is C18H18FN5O3. The molecule has 0 unspecified atom stereocenters. The number of aromatic nitrogens is 4. The van der Waals surface area contributed by atoms with Crippen molar-refractivity contribution in [1.29, 1.82) is 0 Å². The smallest absolute Gasteiger partial charge is 0.357 e. The molecule has 0 aliphatic rings. The summed E-state index contributed by atoms with van der Waals surface area (Å²) in [5.41, 5.74) is 0.674. The Morgan fingerprint density at radius 1 is 1.22 bits per heavy atom. The molecule has 0 saturated heterocycles. The number of nitrogens with one attached hydrogen (secondary N) is 1. The van der Waals surface area contributed by atoms with Gasteiger partial charge in [0.05, 0.1) is 18.7 Å². The summed E-state index contributed by atoms with van der Waals surface area (Å²) in [5.74, 6) is -1.08. The molecule has 0 saturated carbocycles. The normalized spacial score (nSPS) is 10.8. The molecule has 27 heavy (non-hydrogen) atoms. The molecule has 8 nitrogen and oxygen atoms in total. The van der Waals surface area contributed by atoms with E-state index < -0.39 is 18.5 Å². The van der Waals surface area contributed by atoms with Crippen LogP contribution in [0, 0.1) is 5.82 Å². The summed E-state index contributed by atoms with van der Waals surface area (Å²) in [7, 11) is 0. The lowest BCUT2D eigenvalue weighted by atomic mass is 10.3. The van der Waals surface area contributed by atoms with Gasteiger partial charge in [0, 0.05) is 17.8 Å². The van der Waals surface area contributed by atoms with Crippen LogP contribution in [0.25, 0.3) is 5.69 Å². The fraction of sp³-hybridized carbons (Fsp3) is 0.222. The number of hydrogen-bond donors (Lipinski definition) is 1.